The molecule has 3 rings (SSSR count). The zero-order valence-electron chi connectivity index (χ0n) is 14.3. The van der Waals surface area contributed by atoms with E-state index in [1.807, 2.05) is 32.4 Å². The molecular weight excluding hydrogens is 314 g/mol. The van der Waals surface area contributed by atoms with Crippen molar-refractivity contribution < 1.29 is 13.2 Å². The topological polar surface area (TPSA) is 72.3 Å². The first kappa shape index (κ1) is 16.5. The van der Waals surface area contributed by atoms with Gasteiger partial charge in [0, 0.05) is 23.8 Å². The minimum atomic E-state index is -3.49. The van der Waals surface area contributed by atoms with Crippen molar-refractivity contribution in [1.82, 2.24) is 14.1 Å². The van der Waals surface area contributed by atoms with Gasteiger partial charge in [-0.1, -0.05) is 0 Å². The molecule has 1 saturated carbocycles. The molecule has 0 unspecified atom stereocenters. The second-order valence-corrected chi connectivity index (χ2v) is 9.38. The summed E-state index contributed by atoms with van der Waals surface area (Å²) in [5, 5.41) is 4.48. The van der Waals surface area contributed by atoms with Crippen LogP contribution in [0, 0.1) is 13.8 Å². The zero-order valence-corrected chi connectivity index (χ0v) is 15.1. The molecule has 0 bridgehead atoms. The Bertz CT molecular complexity index is 745. The molecule has 1 aromatic heterocycles. The van der Waals surface area contributed by atoms with Gasteiger partial charge in [0.05, 0.1) is 16.9 Å². The molecule has 1 spiro atoms. The molecule has 2 fully saturated rings. The van der Waals surface area contributed by atoms with E-state index in [1.54, 1.807) is 0 Å². The van der Waals surface area contributed by atoms with Gasteiger partial charge in [-0.15, -0.1) is 0 Å². The first-order valence-corrected chi connectivity index (χ1v) is 9.73. The number of hydrogen-bond acceptors (Lipinski definition) is 4. The zero-order chi connectivity index (χ0) is 17.0. The molecule has 0 aromatic carbocycles. The monoisotopic (exact) mass is 339 g/mol. The maximum atomic E-state index is 12.7. The van der Waals surface area contributed by atoms with Gasteiger partial charge < -0.3 is 0 Å². The third kappa shape index (κ3) is 2.49. The molecule has 1 amide bonds. The number of aryl methyl sites for hydroxylation is 1. The van der Waals surface area contributed by atoms with Crippen molar-refractivity contribution in [3.8, 4) is 0 Å². The maximum Gasteiger partial charge on any atom is 0.243 e. The van der Waals surface area contributed by atoms with E-state index in [0.29, 0.717) is 25.8 Å². The highest BCUT2D eigenvalue weighted by molar-refractivity contribution is 7.91. The van der Waals surface area contributed by atoms with E-state index in [2.05, 4.69) is 5.10 Å². The number of hydrogen-bond donors (Lipinski definition) is 0. The highest BCUT2D eigenvalue weighted by Gasteiger charge is 2.59. The van der Waals surface area contributed by atoms with E-state index >= 15 is 0 Å². The number of carbonyl (C=O) groups is 1. The van der Waals surface area contributed by atoms with Crippen molar-refractivity contribution >= 4 is 15.9 Å². The number of sulfonamides is 1. The van der Waals surface area contributed by atoms with Crippen LogP contribution in [0.15, 0.2) is 0 Å². The van der Waals surface area contributed by atoms with Crippen LogP contribution >= 0.6 is 0 Å². The smallest absolute Gasteiger partial charge is 0.243 e. The van der Waals surface area contributed by atoms with Crippen molar-refractivity contribution in [2.45, 2.75) is 70.6 Å². The molecule has 1 aliphatic heterocycles. The van der Waals surface area contributed by atoms with Gasteiger partial charge in [0.15, 0.2) is 0 Å². The lowest BCUT2D eigenvalue weighted by Gasteiger charge is -2.32. The summed E-state index contributed by atoms with van der Waals surface area (Å²) < 4.78 is 27.8. The minimum Gasteiger partial charge on any atom is -0.273 e. The third-order valence-corrected chi connectivity index (χ3v) is 7.88. The van der Waals surface area contributed by atoms with E-state index in [-0.39, 0.29) is 18.4 Å². The van der Waals surface area contributed by atoms with Gasteiger partial charge in [-0.2, -0.15) is 5.10 Å². The standard InChI is InChI=1S/C16H25N3O3S/c1-11(2)19-13(4)14(12(3)17-19)10-15(20)18-9-5-6-16(7-8-16)23(18,21)22/h11H,5-10H2,1-4H3. The molecule has 0 N–H and O–H groups in total. The summed E-state index contributed by atoms with van der Waals surface area (Å²) in [7, 11) is -3.49. The first-order chi connectivity index (χ1) is 10.7. The van der Waals surface area contributed by atoms with Gasteiger partial charge in [0.25, 0.3) is 0 Å². The first-order valence-electron chi connectivity index (χ1n) is 8.29. The Balaban J connectivity index is 1.85. The fraction of sp³-hybridized carbons (Fsp3) is 0.750. The molecule has 6 nitrogen and oxygen atoms in total. The van der Waals surface area contributed by atoms with Crippen LogP contribution in [0.4, 0.5) is 0 Å². The average molecular weight is 339 g/mol. The van der Waals surface area contributed by atoms with Crippen molar-refractivity contribution in [2.75, 3.05) is 6.54 Å². The summed E-state index contributed by atoms with van der Waals surface area (Å²) in [6, 6.07) is 0.214. The average Bonchev–Trinajstić information content (AvgIpc) is 3.19. The number of aromatic nitrogens is 2. The maximum absolute atomic E-state index is 12.7. The molecule has 2 heterocycles. The van der Waals surface area contributed by atoms with Gasteiger partial charge in [0.2, 0.25) is 15.9 Å². The summed E-state index contributed by atoms with van der Waals surface area (Å²) in [5.74, 6) is -0.314. The lowest BCUT2D eigenvalue weighted by Crippen LogP contribution is -2.48. The second kappa shape index (κ2) is 5.33. The predicted octanol–water partition coefficient (Wildman–Crippen LogP) is 2.11. The van der Waals surface area contributed by atoms with Crippen molar-refractivity contribution in [1.29, 1.82) is 0 Å². The van der Waals surface area contributed by atoms with Gasteiger partial charge in [-0.3, -0.25) is 9.48 Å². The Labute approximate surface area is 137 Å². The Hall–Kier alpha value is -1.37. The van der Waals surface area contributed by atoms with E-state index in [4.69, 9.17) is 0 Å². The predicted molar refractivity (Wildman–Crippen MR) is 87.6 cm³/mol. The summed E-state index contributed by atoms with van der Waals surface area (Å²) >= 11 is 0. The summed E-state index contributed by atoms with van der Waals surface area (Å²) in [6.07, 6.45) is 2.97. The fourth-order valence-electron chi connectivity index (χ4n) is 3.63. The van der Waals surface area contributed by atoms with Crippen molar-refractivity contribution in [3.63, 3.8) is 0 Å². The van der Waals surface area contributed by atoms with Gasteiger partial charge in [0.1, 0.15) is 0 Å². The van der Waals surface area contributed by atoms with Crippen LogP contribution in [0.5, 0.6) is 0 Å². The summed E-state index contributed by atoms with van der Waals surface area (Å²) in [6.45, 7) is 8.21. The Morgan fingerprint density at radius 1 is 1.26 bits per heavy atom. The third-order valence-electron chi connectivity index (χ3n) is 5.21. The number of rotatable bonds is 3. The van der Waals surface area contributed by atoms with E-state index < -0.39 is 14.8 Å². The van der Waals surface area contributed by atoms with Crippen LogP contribution in [0.3, 0.4) is 0 Å². The highest BCUT2D eigenvalue weighted by Crippen LogP contribution is 2.51. The number of amides is 1. The largest absolute Gasteiger partial charge is 0.273 e. The number of nitrogens with zero attached hydrogens (tertiary/aromatic N) is 3. The lowest BCUT2D eigenvalue weighted by atomic mass is 10.1. The Kier molecular flexibility index (Phi) is 3.82. The second-order valence-electron chi connectivity index (χ2n) is 7.12. The van der Waals surface area contributed by atoms with Crippen molar-refractivity contribution in [3.05, 3.63) is 17.0 Å². The van der Waals surface area contributed by atoms with Crippen LogP contribution in [0.25, 0.3) is 0 Å². The van der Waals surface area contributed by atoms with Crippen LogP contribution in [0.2, 0.25) is 0 Å². The van der Waals surface area contributed by atoms with Gasteiger partial charge >= 0.3 is 0 Å². The lowest BCUT2D eigenvalue weighted by molar-refractivity contribution is -0.126. The summed E-state index contributed by atoms with van der Waals surface area (Å²) in [5.41, 5.74) is 2.61. The molecule has 128 valence electrons. The van der Waals surface area contributed by atoms with Crippen LogP contribution < -0.4 is 0 Å². The van der Waals surface area contributed by atoms with Gasteiger partial charge in [-0.25, -0.2) is 12.7 Å². The van der Waals surface area contributed by atoms with E-state index in [1.165, 1.54) is 0 Å². The number of carbonyl (C=O) groups excluding carboxylic acids is 1. The molecule has 0 radical (unpaired) electrons. The van der Waals surface area contributed by atoms with E-state index in [0.717, 1.165) is 27.7 Å². The minimum absolute atomic E-state index is 0.111. The molecule has 23 heavy (non-hydrogen) atoms. The molecule has 1 saturated heterocycles. The SMILES string of the molecule is Cc1nn(C(C)C)c(C)c1CC(=O)N1CCCC2(CC2)S1(=O)=O. The fourth-order valence-corrected chi connectivity index (χ4v) is 5.82. The molecular formula is C16H25N3O3S. The van der Waals surface area contributed by atoms with E-state index in [9.17, 15) is 13.2 Å². The summed E-state index contributed by atoms with van der Waals surface area (Å²) in [4.78, 5) is 12.7. The van der Waals surface area contributed by atoms with Gasteiger partial charge in [-0.05, 0) is 53.4 Å². The molecule has 7 heteroatoms. The quantitative estimate of drug-likeness (QED) is 0.845. The Morgan fingerprint density at radius 3 is 2.43 bits per heavy atom. The van der Waals surface area contributed by atoms with Crippen LogP contribution in [0.1, 0.15) is 62.5 Å². The molecule has 1 aromatic rings. The van der Waals surface area contributed by atoms with Crippen molar-refractivity contribution in [2.24, 2.45) is 0 Å². The molecule has 0 atom stereocenters. The van der Waals surface area contributed by atoms with Crippen LogP contribution in [-0.2, 0) is 21.2 Å². The normalized spacial score (nSPS) is 21.9. The highest BCUT2D eigenvalue weighted by atomic mass is 32.2. The molecule has 1 aliphatic carbocycles. The molecule has 2 aliphatic rings. The van der Waals surface area contributed by atoms with Crippen LogP contribution in [-0.4, -0.2) is 39.7 Å². The Morgan fingerprint density at radius 2 is 1.91 bits per heavy atom.